The first-order chi connectivity index (χ1) is 12.1. The minimum atomic E-state index is 0.0442. The van der Waals surface area contributed by atoms with Crippen molar-refractivity contribution in [2.24, 2.45) is 0 Å². The molecule has 1 heterocycles. The van der Waals surface area contributed by atoms with E-state index < -0.39 is 0 Å². The molecule has 5 nitrogen and oxygen atoms in total. The van der Waals surface area contributed by atoms with Gasteiger partial charge in [0, 0.05) is 44.8 Å². The van der Waals surface area contributed by atoms with E-state index in [4.69, 9.17) is 9.47 Å². The van der Waals surface area contributed by atoms with Crippen LogP contribution in [-0.4, -0.2) is 55.9 Å². The Kier molecular flexibility index (Phi) is 7.02. The van der Waals surface area contributed by atoms with Crippen molar-refractivity contribution in [1.82, 2.24) is 9.47 Å². The average molecular weight is 346 g/mol. The minimum Gasteiger partial charge on any atom is -0.383 e. The predicted molar refractivity (Wildman–Crippen MR) is 101 cm³/mol. The van der Waals surface area contributed by atoms with Crippen LogP contribution < -0.4 is 0 Å². The number of nitrogens with zero attached hydrogens (tertiary/aromatic N) is 2. The van der Waals surface area contributed by atoms with Crippen LogP contribution in [0.2, 0.25) is 0 Å². The summed E-state index contributed by atoms with van der Waals surface area (Å²) in [5.74, 6) is 0.0442. The number of carbonyl (C=O) groups is 1. The molecule has 25 heavy (non-hydrogen) atoms. The molecule has 0 fully saturated rings. The Morgan fingerprint density at radius 2 is 1.76 bits per heavy atom. The Balaban J connectivity index is 2.49. The molecule has 0 spiro atoms. The maximum absolute atomic E-state index is 13.3. The van der Waals surface area contributed by atoms with Gasteiger partial charge in [0.2, 0.25) is 0 Å². The van der Waals surface area contributed by atoms with Gasteiger partial charge < -0.3 is 18.9 Å². The summed E-state index contributed by atoms with van der Waals surface area (Å²) < 4.78 is 12.5. The highest BCUT2D eigenvalue weighted by atomic mass is 16.5. The highest BCUT2D eigenvalue weighted by Crippen LogP contribution is 2.28. The Morgan fingerprint density at radius 3 is 2.28 bits per heavy atom. The molecule has 1 aromatic carbocycles. The van der Waals surface area contributed by atoms with Crippen LogP contribution in [0.5, 0.6) is 0 Å². The van der Waals surface area contributed by atoms with Crippen molar-refractivity contribution in [2.45, 2.75) is 33.7 Å². The second kappa shape index (κ2) is 9.02. The Labute approximate surface area is 150 Å². The molecule has 0 bridgehead atoms. The largest absolute Gasteiger partial charge is 0.383 e. The van der Waals surface area contributed by atoms with E-state index in [-0.39, 0.29) is 5.91 Å². The number of aromatic nitrogens is 1. The molecule has 0 radical (unpaired) electrons. The molecular formula is C20H30N2O3. The molecular weight excluding hydrogens is 316 g/mol. The van der Waals surface area contributed by atoms with Crippen LogP contribution >= 0.6 is 0 Å². The second-order valence-corrected chi connectivity index (χ2v) is 6.20. The average Bonchev–Trinajstić information content (AvgIpc) is 2.92. The number of benzene rings is 1. The molecule has 0 unspecified atom stereocenters. The van der Waals surface area contributed by atoms with E-state index >= 15 is 0 Å². The van der Waals surface area contributed by atoms with Gasteiger partial charge in [0.25, 0.3) is 5.91 Å². The summed E-state index contributed by atoms with van der Waals surface area (Å²) in [7, 11) is 3.30. The minimum absolute atomic E-state index is 0.0442. The highest BCUT2D eigenvalue weighted by molar-refractivity contribution is 6.01. The fourth-order valence-corrected chi connectivity index (χ4v) is 3.26. The topological polar surface area (TPSA) is 43.7 Å². The zero-order valence-electron chi connectivity index (χ0n) is 16.1. The maximum atomic E-state index is 13.3. The molecule has 0 N–H and O–H groups in total. The SMILES string of the molecule is CCc1ccc2c(c1)c(C)c(C(=O)N(CCOC)CCOC)n2CC. The smallest absolute Gasteiger partial charge is 0.270 e. The zero-order chi connectivity index (χ0) is 18.4. The first-order valence-electron chi connectivity index (χ1n) is 8.97. The van der Waals surface area contributed by atoms with E-state index in [0.29, 0.717) is 26.3 Å². The summed E-state index contributed by atoms with van der Waals surface area (Å²) in [6.45, 7) is 9.19. The van der Waals surface area contributed by atoms with Crippen LogP contribution in [0.15, 0.2) is 18.2 Å². The fourth-order valence-electron chi connectivity index (χ4n) is 3.26. The summed E-state index contributed by atoms with van der Waals surface area (Å²) in [6.07, 6.45) is 0.990. The summed E-state index contributed by atoms with van der Waals surface area (Å²) in [5.41, 5.74) is 4.24. The van der Waals surface area contributed by atoms with Crippen LogP contribution in [0, 0.1) is 6.92 Å². The number of hydrogen-bond acceptors (Lipinski definition) is 3. The number of amides is 1. The lowest BCUT2D eigenvalue weighted by Gasteiger charge is -2.23. The molecule has 0 aliphatic heterocycles. The van der Waals surface area contributed by atoms with Gasteiger partial charge in [-0.2, -0.15) is 0 Å². The molecule has 1 amide bonds. The Morgan fingerprint density at radius 1 is 1.12 bits per heavy atom. The van der Waals surface area contributed by atoms with Crippen molar-refractivity contribution in [3.63, 3.8) is 0 Å². The molecule has 0 saturated carbocycles. The summed E-state index contributed by atoms with van der Waals surface area (Å²) in [5, 5.41) is 1.17. The predicted octanol–water partition coefficient (Wildman–Crippen LogP) is 3.27. The first kappa shape index (κ1) is 19.5. The van der Waals surface area contributed by atoms with Crippen LogP contribution in [0.3, 0.4) is 0 Å². The molecule has 5 heteroatoms. The van der Waals surface area contributed by atoms with Crippen LogP contribution in [0.25, 0.3) is 10.9 Å². The summed E-state index contributed by atoms with van der Waals surface area (Å²) >= 11 is 0. The van der Waals surface area contributed by atoms with Crippen LogP contribution in [0.1, 0.15) is 35.5 Å². The molecule has 0 saturated heterocycles. The lowest BCUT2D eigenvalue weighted by molar-refractivity contribution is 0.0617. The zero-order valence-corrected chi connectivity index (χ0v) is 16.1. The molecule has 1 aromatic heterocycles. The van der Waals surface area contributed by atoms with Gasteiger partial charge in [-0.25, -0.2) is 0 Å². The van der Waals surface area contributed by atoms with Crippen LogP contribution in [0.4, 0.5) is 0 Å². The lowest BCUT2D eigenvalue weighted by atomic mass is 10.1. The summed E-state index contributed by atoms with van der Waals surface area (Å²) in [6, 6.07) is 6.49. The number of fused-ring (bicyclic) bond motifs is 1. The van der Waals surface area contributed by atoms with Gasteiger partial charge in [-0.15, -0.1) is 0 Å². The van der Waals surface area contributed by atoms with Crippen molar-refractivity contribution >= 4 is 16.8 Å². The molecule has 0 aliphatic carbocycles. The number of hydrogen-bond donors (Lipinski definition) is 0. The molecule has 138 valence electrons. The monoisotopic (exact) mass is 346 g/mol. The van der Waals surface area contributed by atoms with Gasteiger partial charge in [0.05, 0.1) is 13.2 Å². The van der Waals surface area contributed by atoms with E-state index in [1.165, 1.54) is 10.9 Å². The fraction of sp³-hybridized carbons (Fsp3) is 0.550. The van der Waals surface area contributed by atoms with Crippen molar-refractivity contribution in [3.8, 4) is 0 Å². The Bertz CT molecular complexity index is 713. The molecule has 2 aromatic rings. The van der Waals surface area contributed by atoms with Gasteiger partial charge >= 0.3 is 0 Å². The van der Waals surface area contributed by atoms with E-state index in [1.54, 1.807) is 14.2 Å². The normalized spacial score (nSPS) is 11.2. The number of methoxy groups -OCH3 is 2. The van der Waals surface area contributed by atoms with Gasteiger partial charge in [-0.05, 0) is 43.5 Å². The molecule has 2 rings (SSSR count). The number of carbonyl (C=O) groups excluding carboxylic acids is 1. The summed E-state index contributed by atoms with van der Waals surface area (Å²) in [4.78, 5) is 15.1. The van der Waals surface area contributed by atoms with Crippen molar-refractivity contribution < 1.29 is 14.3 Å². The van der Waals surface area contributed by atoms with Crippen molar-refractivity contribution in [1.29, 1.82) is 0 Å². The van der Waals surface area contributed by atoms with E-state index in [1.807, 2.05) is 11.8 Å². The number of ether oxygens (including phenoxy) is 2. The second-order valence-electron chi connectivity index (χ2n) is 6.20. The van der Waals surface area contributed by atoms with Crippen LogP contribution in [-0.2, 0) is 22.4 Å². The highest BCUT2D eigenvalue weighted by Gasteiger charge is 2.24. The van der Waals surface area contributed by atoms with Gasteiger partial charge in [-0.1, -0.05) is 13.0 Å². The lowest BCUT2D eigenvalue weighted by Crippen LogP contribution is -2.37. The van der Waals surface area contributed by atoms with Crippen molar-refractivity contribution in [2.75, 3.05) is 40.5 Å². The third kappa shape index (κ3) is 4.05. The number of aryl methyl sites for hydroxylation is 3. The first-order valence-corrected chi connectivity index (χ1v) is 8.97. The number of rotatable bonds is 9. The van der Waals surface area contributed by atoms with E-state index in [9.17, 15) is 4.79 Å². The van der Waals surface area contributed by atoms with Gasteiger partial charge in [-0.3, -0.25) is 4.79 Å². The van der Waals surface area contributed by atoms with Gasteiger partial charge in [0.1, 0.15) is 5.69 Å². The third-order valence-electron chi connectivity index (χ3n) is 4.73. The van der Waals surface area contributed by atoms with Gasteiger partial charge in [0.15, 0.2) is 0 Å². The van der Waals surface area contributed by atoms with E-state index in [2.05, 4.69) is 36.6 Å². The quantitative estimate of drug-likeness (QED) is 0.700. The molecule has 0 atom stereocenters. The Hall–Kier alpha value is -1.85. The standard InChI is InChI=1S/C20H30N2O3/c1-6-16-8-9-18-17(14-16)15(3)19(22(18)7-2)20(23)21(10-12-24-4)11-13-25-5/h8-9,14H,6-7,10-13H2,1-5H3. The van der Waals surface area contributed by atoms with Crippen molar-refractivity contribution in [3.05, 3.63) is 35.0 Å². The third-order valence-corrected chi connectivity index (χ3v) is 4.73. The van der Waals surface area contributed by atoms with E-state index in [0.717, 1.165) is 29.7 Å². The maximum Gasteiger partial charge on any atom is 0.270 e. The molecule has 0 aliphatic rings.